The smallest absolute Gasteiger partial charge is 0.429 e. The number of methoxy groups -OCH3 is 1. The highest BCUT2D eigenvalue weighted by atomic mass is 35.5. The molecule has 1 aliphatic rings. The van der Waals surface area contributed by atoms with E-state index in [-0.39, 0.29) is 0 Å². The molecule has 25 heavy (non-hydrogen) atoms. The van der Waals surface area contributed by atoms with E-state index in [9.17, 15) is 4.79 Å². The van der Waals surface area contributed by atoms with Crippen molar-refractivity contribution in [3.05, 3.63) is 40.8 Å². The zero-order valence-electron chi connectivity index (χ0n) is 15.2. The molecular formula is C17H26ClN5O2. The van der Waals surface area contributed by atoms with Crippen molar-refractivity contribution < 1.29 is 9.53 Å². The molecule has 0 aromatic heterocycles. The molecule has 0 fully saturated rings. The summed E-state index contributed by atoms with van der Waals surface area (Å²) in [7, 11) is 1.36. The van der Waals surface area contributed by atoms with Crippen molar-refractivity contribution in [1.29, 1.82) is 0 Å². The molecule has 0 unspecified atom stereocenters. The van der Waals surface area contributed by atoms with Crippen LogP contribution < -0.4 is 10.7 Å². The molecule has 0 spiro atoms. The van der Waals surface area contributed by atoms with Crippen LogP contribution in [0.5, 0.6) is 0 Å². The van der Waals surface area contributed by atoms with Crippen LogP contribution in [0.2, 0.25) is 5.02 Å². The van der Waals surface area contributed by atoms with E-state index in [0.29, 0.717) is 17.4 Å². The molecule has 1 amide bonds. The van der Waals surface area contributed by atoms with Crippen molar-refractivity contribution in [2.45, 2.75) is 20.8 Å². The maximum absolute atomic E-state index is 12.0. The molecule has 0 atom stereocenters. The van der Waals surface area contributed by atoms with Gasteiger partial charge in [0.25, 0.3) is 0 Å². The van der Waals surface area contributed by atoms with E-state index in [1.807, 2.05) is 25.1 Å². The molecule has 138 valence electrons. The minimum absolute atomic E-state index is 0.453. The second kappa shape index (κ2) is 8.94. The summed E-state index contributed by atoms with van der Waals surface area (Å²) < 4.78 is 4.86. The average Bonchev–Trinajstić information content (AvgIpc) is 3.01. The molecule has 2 rings (SSSR count). The summed E-state index contributed by atoms with van der Waals surface area (Å²) in [5.74, 6) is 0.671. The number of benzene rings is 1. The molecule has 1 aromatic rings. The Morgan fingerprint density at radius 2 is 2.08 bits per heavy atom. The normalized spacial score (nSPS) is 14.5. The largest absolute Gasteiger partial charge is 0.451 e. The Labute approximate surface area is 154 Å². The molecule has 1 heterocycles. The highest BCUT2D eigenvalue weighted by molar-refractivity contribution is 6.31. The van der Waals surface area contributed by atoms with Crippen molar-refractivity contribution in [3.8, 4) is 0 Å². The Morgan fingerprint density at radius 3 is 2.68 bits per heavy atom. The maximum atomic E-state index is 12.0. The van der Waals surface area contributed by atoms with E-state index in [1.54, 1.807) is 11.3 Å². The summed E-state index contributed by atoms with van der Waals surface area (Å²) in [6.07, 6.45) is 1.22. The lowest BCUT2D eigenvalue weighted by atomic mass is 10.2. The zero-order valence-corrected chi connectivity index (χ0v) is 15.9. The van der Waals surface area contributed by atoms with Gasteiger partial charge in [-0.25, -0.2) is 4.79 Å². The number of anilines is 1. The SMILES string of the molecule is CCN(CC)CCN1NC(Nc2ccc(C)c(Cl)c2)=CN1C(=O)OC. The van der Waals surface area contributed by atoms with Crippen LogP contribution in [0.25, 0.3) is 0 Å². The lowest BCUT2D eigenvalue weighted by molar-refractivity contribution is 0.00134. The van der Waals surface area contributed by atoms with Crippen LogP contribution >= 0.6 is 11.6 Å². The molecule has 7 nitrogen and oxygen atoms in total. The van der Waals surface area contributed by atoms with Gasteiger partial charge >= 0.3 is 6.09 Å². The van der Waals surface area contributed by atoms with Crippen LogP contribution in [-0.4, -0.2) is 54.4 Å². The quantitative estimate of drug-likeness (QED) is 0.772. The van der Waals surface area contributed by atoms with E-state index in [1.165, 1.54) is 12.1 Å². The second-order valence-corrected chi connectivity index (χ2v) is 6.12. The average molecular weight is 368 g/mol. The highest BCUT2D eigenvalue weighted by Gasteiger charge is 2.28. The summed E-state index contributed by atoms with van der Waals surface area (Å²) in [5.41, 5.74) is 5.03. The number of amides is 1. The number of carbonyl (C=O) groups excluding carboxylic acids is 1. The van der Waals surface area contributed by atoms with E-state index in [2.05, 4.69) is 29.5 Å². The van der Waals surface area contributed by atoms with Crippen LogP contribution in [0.3, 0.4) is 0 Å². The van der Waals surface area contributed by atoms with Crippen LogP contribution in [0, 0.1) is 6.92 Å². The van der Waals surface area contributed by atoms with Gasteiger partial charge in [-0.3, -0.25) is 5.43 Å². The lowest BCUT2D eigenvalue weighted by Crippen LogP contribution is -2.49. The van der Waals surface area contributed by atoms with Crippen LogP contribution in [0.15, 0.2) is 30.2 Å². The monoisotopic (exact) mass is 367 g/mol. The predicted octanol–water partition coefficient (Wildman–Crippen LogP) is 3.00. The van der Waals surface area contributed by atoms with Gasteiger partial charge < -0.3 is 15.0 Å². The Kier molecular flexibility index (Phi) is 6.92. The number of rotatable bonds is 7. The summed E-state index contributed by atoms with van der Waals surface area (Å²) >= 11 is 6.17. The van der Waals surface area contributed by atoms with Crippen molar-refractivity contribution >= 4 is 23.4 Å². The molecule has 8 heteroatoms. The number of hydrogen-bond acceptors (Lipinski definition) is 6. The van der Waals surface area contributed by atoms with Gasteiger partial charge in [0.15, 0.2) is 0 Å². The number of hydrazine groups is 2. The summed E-state index contributed by atoms with van der Waals surface area (Å²) in [6, 6.07) is 5.72. The number of ether oxygens (including phenoxy) is 1. The van der Waals surface area contributed by atoms with Gasteiger partial charge in [0.05, 0.1) is 19.9 Å². The molecule has 1 aliphatic heterocycles. The number of hydrogen-bond donors (Lipinski definition) is 2. The van der Waals surface area contributed by atoms with Gasteiger partial charge in [0.2, 0.25) is 0 Å². The Hall–Kier alpha value is -1.96. The van der Waals surface area contributed by atoms with Gasteiger partial charge in [-0.2, -0.15) is 5.01 Å². The predicted molar refractivity (Wildman–Crippen MR) is 99.8 cm³/mol. The molecule has 0 saturated heterocycles. The van der Waals surface area contributed by atoms with E-state index in [4.69, 9.17) is 16.3 Å². The van der Waals surface area contributed by atoms with Crippen LogP contribution in [0.1, 0.15) is 19.4 Å². The Balaban J connectivity index is 2.06. The number of carbonyl (C=O) groups is 1. The zero-order chi connectivity index (χ0) is 18.4. The number of nitrogens with zero attached hydrogens (tertiary/aromatic N) is 3. The highest BCUT2D eigenvalue weighted by Crippen LogP contribution is 2.22. The molecule has 0 radical (unpaired) electrons. The second-order valence-electron chi connectivity index (χ2n) is 5.71. The summed E-state index contributed by atoms with van der Waals surface area (Å²) in [5, 5.41) is 7.05. The first kappa shape index (κ1) is 19.4. The number of nitrogens with one attached hydrogen (secondary N) is 2. The van der Waals surface area contributed by atoms with Crippen LogP contribution in [-0.2, 0) is 4.74 Å². The number of aryl methyl sites for hydroxylation is 1. The molecular weight excluding hydrogens is 342 g/mol. The summed E-state index contributed by atoms with van der Waals surface area (Å²) in [4.78, 5) is 14.3. The molecule has 2 N–H and O–H groups in total. The molecule has 1 aromatic carbocycles. The van der Waals surface area contributed by atoms with Gasteiger partial charge in [0, 0.05) is 17.3 Å². The number of halogens is 1. The topological polar surface area (TPSA) is 60.1 Å². The van der Waals surface area contributed by atoms with Crippen molar-refractivity contribution in [2.75, 3.05) is 38.6 Å². The van der Waals surface area contributed by atoms with E-state index < -0.39 is 6.09 Å². The Morgan fingerprint density at radius 1 is 1.36 bits per heavy atom. The Bertz CT molecular complexity index is 633. The first-order valence-electron chi connectivity index (χ1n) is 8.37. The van der Waals surface area contributed by atoms with Crippen molar-refractivity contribution in [1.82, 2.24) is 20.5 Å². The standard InChI is InChI=1S/C17H26ClN5O2/c1-5-21(6-2)9-10-23-20-16(12-22(23)17(24)25-4)19-14-8-7-13(3)15(18)11-14/h7-8,11-12,19-20H,5-6,9-10H2,1-4H3. The number of likely N-dealkylation sites (N-methyl/N-ethyl adjacent to an activating group) is 1. The van der Waals surface area contributed by atoms with Gasteiger partial charge in [-0.05, 0) is 37.7 Å². The summed E-state index contributed by atoms with van der Waals surface area (Å²) in [6.45, 7) is 9.56. The van der Waals surface area contributed by atoms with Gasteiger partial charge in [0.1, 0.15) is 5.82 Å². The first-order valence-corrected chi connectivity index (χ1v) is 8.74. The van der Waals surface area contributed by atoms with Gasteiger partial charge in [-0.1, -0.05) is 31.5 Å². The van der Waals surface area contributed by atoms with Crippen LogP contribution in [0.4, 0.5) is 10.5 Å². The third-order valence-corrected chi connectivity index (χ3v) is 4.50. The minimum atomic E-state index is -0.453. The fourth-order valence-corrected chi connectivity index (χ4v) is 2.67. The van der Waals surface area contributed by atoms with Crippen molar-refractivity contribution in [3.63, 3.8) is 0 Å². The minimum Gasteiger partial charge on any atom is -0.451 e. The lowest BCUT2D eigenvalue weighted by Gasteiger charge is -2.28. The maximum Gasteiger partial charge on any atom is 0.429 e. The molecule has 0 bridgehead atoms. The van der Waals surface area contributed by atoms with E-state index >= 15 is 0 Å². The van der Waals surface area contributed by atoms with Gasteiger partial charge in [-0.15, -0.1) is 5.12 Å². The molecule has 0 aliphatic carbocycles. The third kappa shape index (κ3) is 5.01. The fraction of sp³-hybridized carbons (Fsp3) is 0.471. The van der Waals surface area contributed by atoms with Crippen molar-refractivity contribution in [2.24, 2.45) is 0 Å². The fourth-order valence-electron chi connectivity index (χ4n) is 2.48. The van der Waals surface area contributed by atoms with E-state index in [0.717, 1.165) is 30.9 Å². The first-order chi connectivity index (χ1) is 12.0. The third-order valence-electron chi connectivity index (χ3n) is 4.10. The molecule has 0 saturated carbocycles.